The maximum Gasteiger partial charge on any atom is 0.232 e. The van der Waals surface area contributed by atoms with Crippen LogP contribution < -0.4 is 10.1 Å². The molecule has 6 heteroatoms. The molecule has 0 aliphatic carbocycles. The molecule has 0 saturated carbocycles. The van der Waals surface area contributed by atoms with E-state index < -0.39 is 0 Å². The van der Waals surface area contributed by atoms with Gasteiger partial charge in [-0.2, -0.15) is 0 Å². The van der Waals surface area contributed by atoms with Gasteiger partial charge in [-0.25, -0.2) is 4.98 Å². The second kappa shape index (κ2) is 10.0. The highest BCUT2D eigenvalue weighted by Crippen LogP contribution is 2.19. The summed E-state index contributed by atoms with van der Waals surface area (Å²) in [4.78, 5) is 10.4. The molecule has 116 valence electrons. The number of ether oxygens (including phenoxy) is 1. The van der Waals surface area contributed by atoms with Gasteiger partial charge >= 0.3 is 0 Å². The maximum absolute atomic E-state index is 5.97. The summed E-state index contributed by atoms with van der Waals surface area (Å²) in [7, 11) is 3.78. The minimum Gasteiger partial charge on any atom is -0.475 e. The number of hydrogen-bond acceptors (Lipinski definition) is 3. The van der Waals surface area contributed by atoms with Crippen molar-refractivity contribution in [2.45, 2.75) is 12.8 Å². The van der Waals surface area contributed by atoms with Gasteiger partial charge in [0.2, 0.25) is 5.88 Å². The predicted molar refractivity (Wildman–Crippen MR) is 88.2 cm³/mol. The molecule has 1 rings (SSSR count). The first-order valence-electron chi connectivity index (χ1n) is 6.95. The van der Waals surface area contributed by atoms with E-state index in [1.54, 1.807) is 25.4 Å². The van der Waals surface area contributed by atoms with Crippen LogP contribution in [0.25, 0.3) is 0 Å². The maximum atomic E-state index is 5.97. The summed E-state index contributed by atoms with van der Waals surface area (Å²) in [5.74, 6) is 1.30. The molecule has 21 heavy (non-hydrogen) atoms. The van der Waals surface area contributed by atoms with E-state index in [1.807, 2.05) is 13.1 Å². The molecule has 0 aliphatic rings. The van der Waals surface area contributed by atoms with Gasteiger partial charge in [-0.15, -0.1) is 6.58 Å². The Morgan fingerprint density at radius 2 is 2.43 bits per heavy atom. The Balaban J connectivity index is 2.29. The number of halogens is 1. The third-order valence-corrected chi connectivity index (χ3v) is 3.11. The van der Waals surface area contributed by atoms with Crippen LogP contribution in [-0.4, -0.2) is 49.6 Å². The minimum absolute atomic E-state index is 0.454. The molecule has 0 saturated heterocycles. The lowest BCUT2D eigenvalue weighted by Crippen LogP contribution is -2.41. The molecule has 1 N–H and O–H groups in total. The number of aromatic nitrogens is 1. The number of unbranched alkanes of at least 4 members (excludes halogenated alkanes) is 1. The largest absolute Gasteiger partial charge is 0.475 e. The van der Waals surface area contributed by atoms with Crippen molar-refractivity contribution in [2.24, 2.45) is 4.99 Å². The number of guanidine groups is 1. The molecule has 1 heterocycles. The highest BCUT2D eigenvalue weighted by Gasteiger charge is 2.05. The van der Waals surface area contributed by atoms with Crippen LogP contribution in [0.15, 0.2) is 36.0 Å². The number of nitrogens with one attached hydrogen (secondary N) is 1. The highest BCUT2D eigenvalue weighted by molar-refractivity contribution is 6.31. The van der Waals surface area contributed by atoms with Crippen molar-refractivity contribution in [2.75, 3.05) is 33.8 Å². The molecule has 0 spiro atoms. The fourth-order valence-electron chi connectivity index (χ4n) is 1.75. The molecule has 0 fully saturated rings. The number of hydrogen-bond donors (Lipinski definition) is 1. The molecule has 5 nitrogen and oxygen atoms in total. The third-order valence-electron chi connectivity index (χ3n) is 2.82. The van der Waals surface area contributed by atoms with Gasteiger partial charge in [-0.1, -0.05) is 17.7 Å². The van der Waals surface area contributed by atoms with Crippen LogP contribution in [0.4, 0.5) is 0 Å². The van der Waals surface area contributed by atoms with Gasteiger partial charge in [0.05, 0.1) is 6.54 Å². The molecule has 0 aromatic carbocycles. The van der Waals surface area contributed by atoms with Gasteiger partial charge in [0.25, 0.3) is 0 Å². The van der Waals surface area contributed by atoms with E-state index in [2.05, 4.69) is 26.8 Å². The van der Waals surface area contributed by atoms with E-state index >= 15 is 0 Å². The van der Waals surface area contributed by atoms with Crippen LogP contribution in [0.1, 0.15) is 12.8 Å². The monoisotopic (exact) mass is 310 g/mol. The topological polar surface area (TPSA) is 49.8 Å². The number of rotatable bonds is 8. The van der Waals surface area contributed by atoms with Gasteiger partial charge in [0.1, 0.15) is 11.6 Å². The zero-order valence-electron chi connectivity index (χ0n) is 12.7. The van der Waals surface area contributed by atoms with E-state index in [1.165, 1.54) is 0 Å². The summed E-state index contributed by atoms with van der Waals surface area (Å²) in [6.07, 6.45) is 5.64. The van der Waals surface area contributed by atoms with Crippen LogP contribution in [0.2, 0.25) is 5.02 Å². The molecule has 0 aliphatic heterocycles. The smallest absolute Gasteiger partial charge is 0.232 e. The van der Waals surface area contributed by atoms with E-state index in [0.717, 1.165) is 25.3 Å². The van der Waals surface area contributed by atoms with Crippen LogP contribution >= 0.6 is 11.6 Å². The molecular weight excluding hydrogens is 288 g/mol. The quantitative estimate of drug-likeness (QED) is 0.347. The molecule has 1 aromatic rings. The number of pyridine rings is 1. The summed E-state index contributed by atoms with van der Waals surface area (Å²) in [6, 6.07) is 3.52. The second-order valence-electron chi connectivity index (χ2n) is 4.47. The minimum atomic E-state index is 0.454. The van der Waals surface area contributed by atoms with Crippen molar-refractivity contribution < 1.29 is 4.74 Å². The molecule has 0 bridgehead atoms. The average Bonchev–Trinajstić information content (AvgIpc) is 2.49. The fraction of sp³-hybridized carbons (Fsp3) is 0.467. The van der Waals surface area contributed by atoms with E-state index in [-0.39, 0.29) is 0 Å². The zero-order chi connectivity index (χ0) is 15.5. The molecule has 1 aromatic heterocycles. The standard InChI is InChI=1S/C15H23ClN4O/c1-4-5-6-11-20(3)15(17-2)19-10-12-21-14-13(16)8-7-9-18-14/h4,7-9H,1,5-6,10-12H2,2-3H3,(H,17,19). The predicted octanol–water partition coefficient (Wildman–Crippen LogP) is 2.59. The Bertz CT molecular complexity index is 465. The number of allylic oxidation sites excluding steroid dienone is 1. The van der Waals surface area contributed by atoms with Crippen LogP contribution in [0.5, 0.6) is 5.88 Å². The lowest BCUT2D eigenvalue weighted by Gasteiger charge is -2.21. The van der Waals surface area contributed by atoms with Gasteiger partial charge in [-0.05, 0) is 25.0 Å². The SMILES string of the molecule is C=CCCCN(C)C(=NC)NCCOc1ncccc1Cl. The first kappa shape index (κ1) is 17.3. The Hall–Kier alpha value is -1.75. The van der Waals surface area contributed by atoms with E-state index in [9.17, 15) is 0 Å². The molecule has 0 amide bonds. The molecular formula is C15H23ClN4O. The first-order chi connectivity index (χ1) is 10.2. The number of aliphatic imine (C=N–C) groups is 1. The van der Waals surface area contributed by atoms with Crippen molar-refractivity contribution in [3.05, 3.63) is 36.0 Å². The Kier molecular flexibility index (Phi) is 8.28. The summed E-state index contributed by atoms with van der Waals surface area (Å²) >= 11 is 5.97. The Labute approximate surface area is 131 Å². The van der Waals surface area contributed by atoms with Gasteiger partial charge in [0, 0.05) is 26.8 Å². The number of nitrogens with zero attached hydrogens (tertiary/aromatic N) is 3. The van der Waals surface area contributed by atoms with Crippen LogP contribution in [0, 0.1) is 0 Å². The highest BCUT2D eigenvalue weighted by atomic mass is 35.5. The summed E-state index contributed by atoms with van der Waals surface area (Å²) in [5, 5.41) is 3.76. The van der Waals surface area contributed by atoms with Gasteiger partial charge in [0.15, 0.2) is 5.96 Å². The van der Waals surface area contributed by atoms with E-state index in [4.69, 9.17) is 16.3 Å². The molecule has 0 radical (unpaired) electrons. The van der Waals surface area contributed by atoms with Crippen molar-refractivity contribution in [3.63, 3.8) is 0 Å². The molecule has 0 atom stereocenters. The van der Waals surface area contributed by atoms with E-state index in [0.29, 0.717) is 24.1 Å². The Morgan fingerprint density at radius 1 is 1.62 bits per heavy atom. The van der Waals surface area contributed by atoms with Crippen molar-refractivity contribution in [3.8, 4) is 5.88 Å². The Morgan fingerprint density at radius 3 is 3.10 bits per heavy atom. The fourth-order valence-corrected chi connectivity index (χ4v) is 1.93. The summed E-state index contributed by atoms with van der Waals surface area (Å²) in [6.45, 7) is 5.75. The van der Waals surface area contributed by atoms with Crippen molar-refractivity contribution >= 4 is 17.6 Å². The van der Waals surface area contributed by atoms with Crippen molar-refractivity contribution in [1.29, 1.82) is 0 Å². The summed E-state index contributed by atoms with van der Waals surface area (Å²) in [5.41, 5.74) is 0. The second-order valence-corrected chi connectivity index (χ2v) is 4.87. The lowest BCUT2D eigenvalue weighted by molar-refractivity contribution is 0.307. The average molecular weight is 311 g/mol. The normalized spacial score (nSPS) is 11.1. The van der Waals surface area contributed by atoms with Crippen LogP contribution in [0.3, 0.4) is 0 Å². The lowest BCUT2D eigenvalue weighted by atomic mass is 10.3. The van der Waals surface area contributed by atoms with Gasteiger partial charge < -0.3 is 15.0 Å². The summed E-state index contributed by atoms with van der Waals surface area (Å²) < 4.78 is 5.52. The zero-order valence-corrected chi connectivity index (χ0v) is 13.4. The third kappa shape index (κ3) is 6.49. The van der Waals surface area contributed by atoms with Crippen molar-refractivity contribution in [1.82, 2.24) is 15.2 Å². The first-order valence-corrected chi connectivity index (χ1v) is 7.32. The van der Waals surface area contributed by atoms with Crippen LogP contribution in [-0.2, 0) is 0 Å². The van der Waals surface area contributed by atoms with Gasteiger partial charge in [-0.3, -0.25) is 4.99 Å². The molecule has 0 unspecified atom stereocenters.